The third kappa shape index (κ3) is 5.47. The first-order chi connectivity index (χ1) is 9.12. The lowest BCUT2D eigenvalue weighted by molar-refractivity contribution is -0.148. The number of carbonyl (C=O) groups is 1. The van der Waals surface area contributed by atoms with Crippen LogP contribution < -0.4 is 5.32 Å². The SMILES string of the molecule is CNC(C)(CCCCOCC1CCCO1)C(=O)OC. The number of likely N-dealkylation sites (N-methyl/N-ethyl adjacent to an activating group) is 1. The number of rotatable bonds is 9. The highest BCUT2D eigenvalue weighted by Gasteiger charge is 2.31. The van der Waals surface area contributed by atoms with Crippen LogP contribution in [0.25, 0.3) is 0 Å². The van der Waals surface area contributed by atoms with E-state index in [2.05, 4.69) is 5.32 Å². The Morgan fingerprint density at radius 3 is 2.84 bits per heavy atom. The normalized spacial score (nSPS) is 22.2. The van der Waals surface area contributed by atoms with Crippen LogP contribution >= 0.6 is 0 Å². The molecule has 5 nitrogen and oxygen atoms in total. The molecule has 0 bridgehead atoms. The summed E-state index contributed by atoms with van der Waals surface area (Å²) in [6.07, 6.45) is 5.17. The van der Waals surface area contributed by atoms with Gasteiger partial charge in [-0.15, -0.1) is 0 Å². The minimum Gasteiger partial charge on any atom is -0.468 e. The van der Waals surface area contributed by atoms with Crippen LogP contribution in [0.1, 0.15) is 39.0 Å². The molecule has 1 aliphatic heterocycles. The molecule has 0 aromatic carbocycles. The molecule has 0 saturated carbocycles. The first kappa shape index (κ1) is 16.4. The number of hydrogen-bond donors (Lipinski definition) is 1. The van der Waals surface area contributed by atoms with E-state index in [-0.39, 0.29) is 12.1 Å². The van der Waals surface area contributed by atoms with E-state index < -0.39 is 5.54 Å². The van der Waals surface area contributed by atoms with Crippen molar-refractivity contribution in [3.63, 3.8) is 0 Å². The maximum atomic E-state index is 11.6. The second kappa shape index (κ2) is 8.51. The molecule has 0 aliphatic carbocycles. The summed E-state index contributed by atoms with van der Waals surface area (Å²) in [4.78, 5) is 11.6. The van der Waals surface area contributed by atoms with Crippen molar-refractivity contribution in [2.45, 2.75) is 50.7 Å². The molecule has 1 heterocycles. The lowest BCUT2D eigenvalue weighted by Crippen LogP contribution is -2.48. The fraction of sp³-hybridized carbons (Fsp3) is 0.929. The Bertz CT molecular complexity index is 266. The fourth-order valence-corrected chi connectivity index (χ4v) is 2.23. The second-order valence-corrected chi connectivity index (χ2v) is 5.24. The van der Waals surface area contributed by atoms with Crippen molar-refractivity contribution in [1.82, 2.24) is 5.32 Å². The Kier molecular flexibility index (Phi) is 7.34. The molecule has 0 spiro atoms. The summed E-state index contributed by atoms with van der Waals surface area (Å²) >= 11 is 0. The van der Waals surface area contributed by atoms with Crippen LogP contribution in [-0.2, 0) is 19.0 Å². The maximum Gasteiger partial charge on any atom is 0.325 e. The van der Waals surface area contributed by atoms with Gasteiger partial charge in [-0.05, 0) is 46.1 Å². The average molecular weight is 273 g/mol. The summed E-state index contributed by atoms with van der Waals surface area (Å²) in [5.41, 5.74) is -0.594. The molecule has 1 rings (SSSR count). The van der Waals surface area contributed by atoms with Crippen molar-refractivity contribution >= 4 is 5.97 Å². The Hall–Kier alpha value is -0.650. The van der Waals surface area contributed by atoms with E-state index in [9.17, 15) is 4.79 Å². The van der Waals surface area contributed by atoms with Gasteiger partial charge >= 0.3 is 5.97 Å². The van der Waals surface area contributed by atoms with Gasteiger partial charge in [0.15, 0.2) is 0 Å². The number of esters is 1. The quantitative estimate of drug-likeness (QED) is 0.510. The molecule has 112 valence electrons. The zero-order chi connectivity index (χ0) is 14.1. The van der Waals surface area contributed by atoms with Crippen LogP contribution in [0.2, 0.25) is 0 Å². The minimum atomic E-state index is -0.594. The Labute approximate surface area is 116 Å². The molecule has 2 atom stereocenters. The van der Waals surface area contributed by atoms with E-state index in [1.54, 1.807) is 7.05 Å². The lowest BCUT2D eigenvalue weighted by Gasteiger charge is -2.25. The van der Waals surface area contributed by atoms with Crippen LogP contribution in [0.15, 0.2) is 0 Å². The predicted octanol–water partition coefficient (Wildman–Crippen LogP) is 1.50. The van der Waals surface area contributed by atoms with Crippen molar-refractivity contribution in [1.29, 1.82) is 0 Å². The molecule has 19 heavy (non-hydrogen) atoms. The van der Waals surface area contributed by atoms with Gasteiger partial charge in [0.2, 0.25) is 0 Å². The van der Waals surface area contributed by atoms with Gasteiger partial charge in [0.25, 0.3) is 0 Å². The van der Waals surface area contributed by atoms with Gasteiger partial charge in [0.1, 0.15) is 5.54 Å². The summed E-state index contributed by atoms with van der Waals surface area (Å²) in [6.45, 7) is 4.15. The molecule has 5 heteroatoms. The molecular weight excluding hydrogens is 246 g/mol. The molecular formula is C14H27NO4. The van der Waals surface area contributed by atoms with Crippen molar-refractivity contribution in [2.24, 2.45) is 0 Å². The van der Waals surface area contributed by atoms with E-state index in [1.807, 2.05) is 6.92 Å². The third-order valence-electron chi connectivity index (χ3n) is 3.73. The van der Waals surface area contributed by atoms with E-state index in [4.69, 9.17) is 14.2 Å². The van der Waals surface area contributed by atoms with Gasteiger partial charge in [0.05, 0.1) is 19.8 Å². The molecule has 2 unspecified atom stereocenters. The highest BCUT2D eigenvalue weighted by molar-refractivity contribution is 5.80. The summed E-state index contributed by atoms with van der Waals surface area (Å²) < 4.78 is 15.9. The molecule has 0 aromatic rings. The summed E-state index contributed by atoms with van der Waals surface area (Å²) in [6, 6.07) is 0. The van der Waals surface area contributed by atoms with E-state index in [0.717, 1.165) is 45.3 Å². The minimum absolute atomic E-state index is 0.213. The molecule has 1 fully saturated rings. The van der Waals surface area contributed by atoms with Crippen LogP contribution in [-0.4, -0.2) is 51.6 Å². The van der Waals surface area contributed by atoms with Crippen molar-refractivity contribution < 1.29 is 19.0 Å². The highest BCUT2D eigenvalue weighted by atomic mass is 16.5. The Morgan fingerprint density at radius 1 is 1.47 bits per heavy atom. The van der Waals surface area contributed by atoms with Crippen LogP contribution in [0.3, 0.4) is 0 Å². The molecule has 0 amide bonds. The lowest BCUT2D eigenvalue weighted by atomic mass is 9.95. The van der Waals surface area contributed by atoms with Gasteiger partial charge in [0, 0.05) is 13.2 Å². The van der Waals surface area contributed by atoms with Crippen LogP contribution in [0, 0.1) is 0 Å². The zero-order valence-electron chi connectivity index (χ0n) is 12.4. The summed E-state index contributed by atoms with van der Waals surface area (Å²) in [5.74, 6) is -0.213. The molecule has 0 radical (unpaired) electrons. The van der Waals surface area contributed by atoms with Gasteiger partial charge in [-0.2, -0.15) is 0 Å². The standard InChI is InChI=1S/C14H27NO4/c1-14(15-2,13(16)17-3)8-4-5-9-18-11-12-7-6-10-19-12/h12,15H,4-11H2,1-3H3. The first-order valence-electron chi connectivity index (χ1n) is 7.09. The number of methoxy groups -OCH3 is 1. The zero-order valence-corrected chi connectivity index (χ0v) is 12.4. The number of carbonyl (C=O) groups excluding carboxylic acids is 1. The van der Waals surface area contributed by atoms with E-state index in [0.29, 0.717) is 6.61 Å². The van der Waals surface area contributed by atoms with Crippen LogP contribution in [0.5, 0.6) is 0 Å². The smallest absolute Gasteiger partial charge is 0.325 e. The Morgan fingerprint density at radius 2 is 2.26 bits per heavy atom. The predicted molar refractivity (Wildman–Crippen MR) is 73.1 cm³/mol. The number of nitrogens with one attached hydrogen (secondary N) is 1. The monoisotopic (exact) mass is 273 g/mol. The van der Waals surface area contributed by atoms with Gasteiger partial charge < -0.3 is 19.5 Å². The van der Waals surface area contributed by atoms with Crippen LogP contribution in [0.4, 0.5) is 0 Å². The largest absolute Gasteiger partial charge is 0.468 e. The average Bonchev–Trinajstić information content (AvgIpc) is 2.94. The summed E-state index contributed by atoms with van der Waals surface area (Å²) in [7, 11) is 3.20. The number of hydrogen-bond acceptors (Lipinski definition) is 5. The van der Waals surface area contributed by atoms with Gasteiger partial charge in [-0.3, -0.25) is 4.79 Å². The van der Waals surface area contributed by atoms with Crippen molar-refractivity contribution in [3.05, 3.63) is 0 Å². The molecule has 1 aliphatic rings. The maximum absolute atomic E-state index is 11.6. The number of ether oxygens (including phenoxy) is 3. The topological polar surface area (TPSA) is 56.8 Å². The molecule has 0 aromatic heterocycles. The summed E-state index contributed by atoms with van der Waals surface area (Å²) in [5, 5.41) is 3.03. The van der Waals surface area contributed by atoms with Gasteiger partial charge in [-0.25, -0.2) is 0 Å². The number of unbranched alkanes of at least 4 members (excludes halogenated alkanes) is 1. The van der Waals surface area contributed by atoms with Gasteiger partial charge in [-0.1, -0.05) is 0 Å². The third-order valence-corrected chi connectivity index (χ3v) is 3.73. The van der Waals surface area contributed by atoms with E-state index >= 15 is 0 Å². The molecule has 1 saturated heterocycles. The second-order valence-electron chi connectivity index (χ2n) is 5.24. The fourth-order valence-electron chi connectivity index (χ4n) is 2.23. The van der Waals surface area contributed by atoms with Crippen molar-refractivity contribution in [2.75, 3.05) is 34.0 Å². The first-order valence-corrected chi connectivity index (χ1v) is 7.09. The highest BCUT2D eigenvalue weighted by Crippen LogP contribution is 2.16. The Balaban J connectivity index is 2.06. The van der Waals surface area contributed by atoms with E-state index in [1.165, 1.54) is 7.11 Å². The van der Waals surface area contributed by atoms with Crippen molar-refractivity contribution in [3.8, 4) is 0 Å². The molecule has 1 N–H and O–H groups in total.